The molecule has 0 radical (unpaired) electrons. The van der Waals surface area contributed by atoms with E-state index in [0.29, 0.717) is 12.5 Å². The van der Waals surface area contributed by atoms with Crippen LogP contribution in [-0.2, 0) is 19.4 Å². The number of nitrogens with zero attached hydrogens (tertiary/aromatic N) is 3. The van der Waals surface area contributed by atoms with Crippen LogP contribution < -0.4 is 16.0 Å². The summed E-state index contributed by atoms with van der Waals surface area (Å²) in [6.07, 6.45) is 7.28. The SMILES string of the molecule is Cc1ccc(CN=C(N)Nc2cccc3c2CCCC3)c(N2CCCC2)n1.I. The van der Waals surface area contributed by atoms with Gasteiger partial charge >= 0.3 is 0 Å². The van der Waals surface area contributed by atoms with Crippen LogP contribution >= 0.6 is 24.0 Å². The topological polar surface area (TPSA) is 66.5 Å². The summed E-state index contributed by atoms with van der Waals surface area (Å²) in [5.74, 6) is 1.54. The molecule has 1 saturated heterocycles. The molecule has 1 aliphatic carbocycles. The normalized spacial score (nSPS) is 16.5. The number of aromatic nitrogens is 1. The standard InChI is InChI=1S/C22H29N5.HI/c1-16-11-12-18(21(25-16)27-13-4-5-14-27)15-24-22(23)26-20-10-6-8-17-7-2-3-9-19(17)20;/h6,8,10-12H,2-5,7,9,13-15H2,1H3,(H3,23,24,26);1H. The lowest BCUT2D eigenvalue weighted by atomic mass is 9.90. The van der Waals surface area contributed by atoms with E-state index >= 15 is 0 Å². The molecule has 2 aromatic rings. The molecule has 0 bridgehead atoms. The Morgan fingerprint density at radius 1 is 1.11 bits per heavy atom. The highest BCUT2D eigenvalue weighted by Gasteiger charge is 2.17. The minimum atomic E-state index is 0. The summed E-state index contributed by atoms with van der Waals surface area (Å²) in [6.45, 7) is 4.75. The maximum Gasteiger partial charge on any atom is 0.193 e. The van der Waals surface area contributed by atoms with Crippen molar-refractivity contribution < 1.29 is 0 Å². The molecule has 150 valence electrons. The van der Waals surface area contributed by atoms with Crippen molar-refractivity contribution >= 4 is 41.4 Å². The van der Waals surface area contributed by atoms with Gasteiger partial charge in [0.25, 0.3) is 0 Å². The molecule has 2 heterocycles. The molecular weight excluding hydrogens is 461 g/mol. The highest BCUT2D eigenvalue weighted by atomic mass is 127. The molecule has 0 atom stereocenters. The van der Waals surface area contributed by atoms with E-state index < -0.39 is 0 Å². The van der Waals surface area contributed by atoms with Gasteiger partial charge in [-0.1, -0.05) is 18.2 Å². The Morgan fingerprint density at radius 3 is 2.71 bits per heavy atom. The van der Waals surface area contributed by atoms with E-state index in [1.165, 1.54) is 36.8 Å². The number of rotatable bonds is 4. The molecular formula is C22H30IN5. The van der Waals surface area contributed by atoms with Gasteiger partial charge < -0.3 is 16.0 Å². The third-order valence-electron chi connectivity index (χ3n) is 5.58. The van der Waals surface area contributed by atoms with Gasteiger partial charge in [-0.2, -0.15) is 0 Å². The smallest absolute Gasteiger partial charge is 0.193 e. The van der Waals surface area contributed by atoms with Gasteiger partial charge in [0.2, 0.25) is 0 Å². The molecule has 0 spiro atoms. The van der Waals surface area contributed by atoms with Crippen molar-refractivity contribution in [2.75, 3.05) is 23.3 Å². The second-order valence-electron chi connectivity index (χ2n) is 7.61. The van der Waals surface area contributed by atoms with Crippen LogP contribution in [0.15, 0.2) is 35.3 Å². The molecule has 1 aromatic carbocycles. The lowest BCUT2D eigenvalue weighted by Gasteiger charge is -2.21. The number of nitrogens with one attached hydrogen (secondary N) is 1. The van der Waals surface area contributed by atoms with Gasteiger partial charge in [-0.25, -0.2) is 9.98 Å². The van der Waals surface area contributed by atoms with Gasteiger partial charge in [0.1, 0.15) is 5.82 Å². The zero-order chi connectivity index (χ0) is 18.6. The summed E-state index contributed by atoms with van der Waals surface area (Å²) in [5, 5.41) is 3.33. The van der Waals surface area contributed by atoms with E-state index in [9.17, 15) is 0 Å². The molecule has 28 heavy (non-hydrogen) atoms. The number of nitrogens with two attached hydrogens (primary N) is 1. The van der Waals surface area contributed by atoms with Gasteiger partial charge in [-0.15, -0.1) is 24.0 Å². The number of anilines is 2. The van der Waals surface area contributed by atoms with Crippen molar-refractivity contribution in [3.05, 3.63) is 52.7 Å². The summed E-state index contributed by atoms with van der Waals surface area (Å²) in [7, 11) is 0. The maximum atomic E-state index is 6.23. The van der Waals surface area contributed by atoms with Crippen LogP contribution in [0.4, 0.5) is 11.5 Å². The van der Waals surface area contributed by atoms with Crippen LogP contribution in [0.25, 0.3) is 0 Å². The first-order valence-corrected chi connectivity index (χ1v) is 10.1. The van der Waals surface area contributed by atoms with Crippen molar-refractivity contribution in [3.8, 4) is 0 Å². The molecule has 4 rings (SSSR count). The number of hydrogen-bond donors (Lipinski definition) is 2. The van der Waals surface area contributed by atoms with E-state index in [1.807, 2.05) is 6.92 Å². The van der Waals surface area contributed by atoms with Crippen molar-refractivity contribution in [2.45, 2.75) is 52.0 Å². The van der Waals surface area contributed by atoms with E-state index in [0.717, 1.165) is 48.7 Å². The summed E-state index contributed by atoms with van der Waals surface area (Å²) >= 11 is 0. The number of pyridine rings is 1. The van der Waals surface area contributed by atoms with Gasteiger partial charge in [0, 0.05) is 30.0 Å². The fraction of sp³-hybridized carbons (Fsp3) is 0.455. The first-order chi connectivity index (χ1) is 13.2. The quantitative estimate of drug-likeness (QED) is 0.378. The van der Waals surface area contributed by atoms with Crippen LogP contribution in [0, 0.1) is 6.92 Å². The zero-order valence-corrected chi connectivity index (χ0v) is 18.9. The predicted octanol–water partition coefficient (Wildman–Crippen LogP) is 4.41. The summed E-state index contributed by atoms with van der Waals surface area (Å²) in [6, 6.07) is 10.6. The lowest BCUT2D eigenvalue weighted by molar-refractivity contribution is 0.687. The largest absolute Gasteiger partial charge is 0.370 e. The molecule has 3 N–H and O–H groups in total. The van der Waals surface area contributed by atoms with Crippen LogP contribution in [0.5, 0.6) is 0 Å². The van der Waals surface area contributed by atoms with Crippen LogP contribution in [-0.4, -0.2) is 24.0 Å². The monoisotopic (exact) mass is 491 g/mol. The van der Waals surface area contributed by atoms with Crippen molar-refractivity contribution in [3.63, 3.8) is 0 Å². The van der Waals surface area contributed by atoms with E-state index in [-0.39, 0.29) is 24.0 Å². The number of aliphatic imine (C=N–C) groups is 1. The summed E-state index contributed by atoms with van der Waals surface area (Å²) < 4.78 is 0. The van der Waals surface area contributed by atoms with Gasteiger partial charge in [0.15, 0.2) is 5.96 Å². The average Bonchev–Trinajstić information content (AvgIpc) is 3.22. The fourth-order valence-corrected chi connectivity index (χ4v) is 4.14. The highest BCUT2D eigenvalue weighted by Crippen LogP contribution is 2.28. The summed E-state index contributed by atoms with van der Waals surface area (Å²) in [4.78, 5) is 11.8. The molecule has 1 fully saturated rings. The number of benzene rings is 1. The predicted molar refractivity (Wildman–Crippen MR) is 128 cm³/mol. The third-order valence-corrected chi connectivity index (χ3v) is 5.58. The van der Waals surface area contributed by atoms with Gasteiger partial charge in [-0.3, -0.25) is 0 Å². The minimum Gasteiger partial charge on any atom is -0.370 e. The molecule has 1 aromatic heterocycles. The van der Waals surface area contributed by atoms with E-state index in [4.69, 9.17) is 10.7 Å². The Balaban J connectivity index is 0.00000225. The molecule has 2 aliphatic rings. The average molecular weight is 491 g/mol. The first-order valence-electron chi connectivity index (χ1n) is 10.1. The summed E-state index contributed by atoms with van der Waals surface area (Å²) in [5.41, 5.74) is 12.4. The second kappa shape index (κ2) is 9.58. The third kappa shape index (κ3) is 4.77. The lowest BCUT2D eigenvalue weighted by Crippen LogP contribution is -2.24. The highest BCUT2D eigenvalue weighted by molar-refractivity contribution is 14.0. The number of guanidine groups is 1. The van der Waals surface area contributed by atoms with Crippen LogP contribution in [0.3, 0.4) is 0 Å². The molecule has 6 heteroatoms. The van der Waals surface area contributed by atoms with Gasteiger partial charge in [0.05, 0.1) is 6.54 Å². The Bertz CT molecular complexity index is 843. The Hall–Kier alpha value is -1.83. The van der Waals surface area contributed by atoms with Crippen LogP contribution in [0.1, 0.15) is 48.1 Å². The second-order valence-corrected chi connectivity index (χ2v) is 7.61. The van der Waals surface area contributed by atoms with Gasteiger partial charge in [-0.05, 0) is 68.7 Å². The Labute approximate surface area is 184 Å². The van der Waals surface area contributed by atoms with Crippen molar-refractivity contribution in [1.82, 2.24) is 4.98 Å². The molecule has 0 amide bonds. The Kier molecular flexibility index (Phi) is 7.15. The Morgan fingerprint density at radius 2 is 1.89 bits per heavy atom. The number of fused-ring (bicyclic) bond motifs is 1. The molecule has 0 unspecified atom stereocenters. The zero-order valence-electron chi connectivity index (χ0n) is 16.6. The van der Waals surface area contributed by atoms with E-state index in [2.05, 4.69) is 45.5 Å². The first kappa shape index (κ1) is 20.9. The number of hydrogen-bond acceptors (Lipinski definition) is 3. The molecule has 0 saturated carbocycles. The minimum absolute atomic E-state index is 0. The fourth-order valence-electron chi connectivity index (χ4n) is 4.14. The molecule has 5 nitrogen and oxygen atoms in total. The molecule has 1 aliphatic heterocycles. The van der Waals surface area contributed by atoms with Crippen molar-refractivity contribution in [2.24, 2.45) is 10.7 Å². The van der Waals surface area contributed by atoms with E-state index in [1.54, 1.807) is 0 Å². The van der Waals surface area contributed by atoms with Crippen molar-refractivity contribution in [1.29, 1.82) is 0 Å². The maximum absolute atomic E-state index is 6.23. The van der Waals surface area contributed by atoms with Crippen LogP contribution in [0.2, 0.25) is 0 Å². The number of halogens is 1. The number of aryl methyl sites for hydroxylation is 2.